The van der Waals surface area contributed by atoms with E-state index in [4.69, 9.17) is 10.2 Å². The van der Waals surface area contributed by atoms with E-state index in [2.05, 4.69) is 17.2 Å². The van der Waals surface area contributed by atoms with Gasteiger partial charge in [-0.15, -0.1) is 0 Å². The van der Waals surface area contributed by atoms with E-state index in [0.29, 0.717) is 16.9 Å². The molecule has 0 unspecified atom stereocenters. The van der Waals surface area contributed by atoms with Gasteiger partial charge in [-0.2, -0.15) is 0 Å². The number of carbonyl (C=O) groups excluding carboxylic acids is 1. The monoisotopic (exact) mass is 286 g/mol. The molecule has 0 aliphatic rings. The molecule has 5 heteroatoms. The smallest absolute Gasteiger partial charge is 0.252 e. The summed E-state index contributed by atoms with van der Waals surface area (Å²) in [6, 6.07) is 7.44. The van der Waals surface area contributed by atoms with Gasteiger partial charge in [0.15, 0.2) is 0 Å². The quantitative estimate of drug-likeness (QED) is 0.848. The lowest BCUT2D eigenvalue weighted by Gasteiger charge is -2.06. The van der Waals surface area contributed by atoms with E-state index in [1.54, 1.807) is 6.07 Å². The highest BCUT2D eigenvalue weighted by Gasteiger charge is 2.11. The number of nitrogens with one attached hydrogen (secondary N) is 1. The van der Waals surface area contributed by atoms with Crippen molar-refractivity contribution in [1.29, 1.82) is 0 Å². The van der Waals surface area contributed by atoms with Crippen LogP contribution in [0.3, 0.4) is 0 Å². The van der Waals surface area contributed by atoms with Gasteiger partial charge in [0.25, 0.3) is 5.91 Å². The highest BCUT2D eigenvalue weighted by molar-refractivity contribution is 5.96. The second-order valence-corrected chi connectivity index (χ2v) is 4.39. The van der Waals surface area contributed by atoms with Crippen molar-refractivity contribution in [1.82, 2.24) is 5.32 Å². The third kappa shape index (κ3) is 3.94. The van der Waals surface area contributed by atoms with Gasteiger partial charge in [0.1, 0.15) is 17.3 Å². The Bertz CT molecular complexity index is 711. The predicted octanol–water partition coefficient (Wildman–Crippen LogP) is 1.97. The standard InChI is InChI=1S/C16H15FN2O2/c1-11-4-6-14(21-11)10-19-16(20)15-7-5-13(17)9-12(15)3-2-8-18/h4-7,9H,8,10,18H2,1H3,(H,19,20). The van der Waals surface area contributed by atoms with Crippen LogP contribution in [0.2, 0.25) is 0 Å². The number of benzene rings is 1. The average molecular weight is 286 g/mol. The van der Waals surface area contributed by atoms with Gasteiger partial charge in [0, 0.05) is 5.56 Å². The first kappa shape index (κ1) is 14.8. The molecule has 0 saturated heterocycles. The van der Waals surface area contributed by atoms with Crippen LogP contribution in [-0.4, -0.2) is 12.5 Å². The van der Waals surface area contributed by atoms with Crippen molar-refractivity contribution in [2.75, 3.05) is 6.54 Å². The molecule has 0 radical (unpaired) electrons. The van der Waals surface area contributed by atoms with Crippen molar-refractivity contribution in [3.8, 4) is 11.8 Å². The van der Waals surface area contributed by atoms with E-state index >= 15 is 0 Å². The molecular weight excluding hydrogens is 271 g/mol. The number of aryl methyl sites for hydroxylation is 1. The Balaban J connectivity index is 2.14. The fourth-order valence-electron chi connectivity index (χ4n) is 1.81. The second-order valence-electron chi connectivity index (χ2n) is 4.39. The minimum atomic E-state index is -0.450. The Hall–Kier alpha value is -2.58. The van der Waals surface area contributed by atoms with Gasteiger partial charge in [0.05, 0.1) is 18.7 Å². The molecule has 108 valence electrons. The topological polar surface area (TPSA) is 68.3 Å². The molecule has 3 N–H and O–H groups in total. The molecule has 0 atom stereocenters. The number of halogens is 1. The highest BCUT2D eigenvalue weighted by Crippen LogP contribution is 2.11. The van der Waals surface area contributed by atoms with Crippen molar-refractivity contribution < 1.29 is 13.6 Å². The summed E-state index contributed by atoms with van der Waals surface area (Å²) in [7, 11) is 0. The number of carbonyl (C=O) groups is 1. The molecule has 1 aromatic heterocycles. The molecule has 21 heavy (non-hydrogen) atoms. The van der Waals surface area contributed by atoms with Crippen molar-refractivity contribution in [2.45, 2.75) is 13.5 Å². The van der Waals surface area contributed by atoms with Gasteiger partial charge in [-0.25, -0.2) is 4.39 Å². The Morgan fingerprint density at radius 2 is 2.19 bits per heavy atom. The second kappa shape index (κ2) is 6.73. The van der Waals surface area contributed by atoms with Crippen LogP contribution >= 0.6 is 0 Å². The number of nitrogens with two attached hydrogens (primary N) is 1. The molecule has 0 saturated carbocycles. The van der Waals surface area contributed by atoms with Crippen LogP contribution in [0, 0.1) is 24.6 Å². The van der Waals surface area contributed by atoms with Crippen LogP contribution in [-0.2, 0) is 6.54 Å². The third-order valence-electron chi connectivity index (χ3n) is 2.77. The van der Waals surface area contributed by atoms with Gasteiger partial charge < -0.3 is 15.5 Å². The Kier molecular flexibility index (Phi) is 4.75. The molecule has 0 aliphatic carbocycles. The summed E-state index contributed by atoms with van der Waals surface area (Å²) in [6.45, 7) is 2.23. The van der Waals surface area contributed by atoms with Crippen molar-refractivity contribution >= 4 is 5.91 Å². The number of furan rings is 1. The van der Waals surface area contributed by atoms with Gasteiger partial charge >= 0.3 is 0 Å². The zero-order valence-corrected chi connectivity index (χ0v) is 11.6. The zero-order valence-electron chi connectivity index (χ0n) is 11.6. The van der Waals surface area contributed by atoms with Crippen LogP contribution in [0.15, 0.2) is 34.7 Å². The minimum absolute atomic E-state index is 0.142. The van der Waals surface area contributed by atoms with Gasteiger partial charge in [0.2, 0.25) is 0 Å². The number of hydrogen-bond donors (Lipinski definition) is 2. The lowest BCUT2D eigenvalue weighted by molar-refractivity contribution is 0.0947. The number of amides is 1. The van der Waals surface area contributed by atoms with Crippen molar-refractivity contribution in [3.63, 3.8) is 0 Å². The first-order chi connectivity index (χ1) is 10.1. The van der Waals surface area contributed by atoms with Crippen LogP contribution in [0.4, 0.5) is 4.39 Å². The van der Waals surface area contributed by atoms with Gasteiger partial charge in [-0.3, -0.25) is 4.79 Å². The third-order valence-corrected chi connectivity index (χ3v) is 2.77. The lowest BCUT2D eigenvalue weighted by Crippen LogP contribution is -2.23. The molecule has 0 aliphatic heterocycles. The van der Waals surface area contributed by atoms with Crippen molar-refractivity contribution in [2.24, 2.45) is 5.73 Å². The van der Waals surface area contributed by atoms with E-state index in [1.165, 1.54) is 18.2 Å². The largest absolute Gasteiger partial charge is 0.465 e. The van der Waals surface area contributed by atoms with Gasteiger partial charge in [-0.1, -0.05) is 11.8 Å². The summed E-state index contributed by atoms with van der Waals surface area (Å²) >= 11 is 0. The Morgan fingerprint density at radius 3 is 2.86 bits per heavy atom. The molecule has 1 aromatic carbocycles. The number of hydrogen-bond acceptors (Lipinski definition) is 3. The van der Waals surface area contributed by atoms with E-state index in [9.17, 15) is 9.18 Å². The molecule has 2 aromatic rings. The Labute approximate surface area is 122 Å². The average Bonchev–Trinajstić information content (AvgIpc) is 2.88. The maximum absolute atomic E-state index is 13.2. The summed E-state index contributed by atoms with van der Waals surface area (Å²) in [5.74, 6) is 5.95. The zero-order chi connectivity index (χ0) is 15.2. The molecule has 0 spiro atoms. The molecule has 1 heterocycles. The fraction of sp³-hybridized carbons (Fsp3) is 0.188. The molecular formula is C16H15FN2O2. The summed E-state index contributed by atoms with van der Waals surface area (Å²) in [4.78, 5) is 12.1. The summed E-state index contributed by atoms with van der Waals surface area (Å²) < 4.78 is 18.6. The Morgan fingerprint density at radius 1 is 1.38 bits per heavy atom. The normalized spacial score (nSPS) is 9.86. The number of rotatable bonds is 3. The molecule has 1 amide bonds. The first-order valence-electron chi connectivity index (χ1n) is 6.42. The first-order valence-corrected chi connectivity index (χ1v) is 6.42. The molecule has 0 bridgehead atoms. The highest BCUT2D eigenvalue weighted by atomic mass is 19.1. The van der Waals surface area contributed by atoms with Crippen LogP contribution in [0.5, 0.6) is 0 Å². The summed E-state index contributed by atoms with van der Waals surface area (Å²) in [5.41, 5.74) is 5.92. The fourth-order valence-corrected chi connectivity index (χ4v) is 1.81. The van der Waals surface area contributed by atoms with Crippen LogP contribution < -0.4 is 11.1 Å². The maximum atomic E-state index is 13.2. The maximum Gasteiger partial charge on any atom is 0.252 e. The van der Waals surface area contributed by atoms with E-state index < -0.39 is 5.82 Å². The molecule has 0 fully saturated rings. The van der Waals surface area contributed by atoms with Crippen molar-refractivity contribution in [3.05, 3.63) is 58.8 Å². The minimum Gasteiger partial charge on any atom is -0.465 e. The van der Waals surface area contributed by atoms with E-state index in [-0.39, 0.29) is 19.0 Å². The van der Waals surface area contributed by atoms with Gasteiger partial charge in [-0.05, 0) is 37.3 Å². The van der Waals surface area contributed by atoms with Crippen LogP contribution in [0.1, 0.15) is 27.4 Å². The molecule has 4 nitrogen and oxygen atoms in total. The summed E-state index contributed by atoms with van der Waals surface area (Å²) in [5, 5.41) is 2.71. The SMILES string of the molecule is Cc1ccc(CNC(=O)c2ccc(F)cc2C#CCN)o1. The van der Waals surface area contributed by atoms with E-state index in [1.807, 2.05) is 13.0 Å². The predicted molar refractivity (Wildman–Crippen MR) is 76.9 cm³/mol. The lowest BCUT2D eigenvalue weighted by atomic mass is 10.1. The van der Waals surface area contributed by atoms with E-state index in [0.717, 1.165) is 5.76 Å². The molecule has 2 rings (SSSR count). The summed E-state index contributed by atoms with van der Waals surface area (Å²) in [6.07, 6.45) is 0. The van der Waals surface area contributed by atoms with Crippen LogP contribution in [0.25, 0.3) is 0 Å².